The number of halogens is 1. The number of carbonyl (C=O) groups excluding carboxylic acids is 2. The predicted octanol–water partition coefficient (Wildman–Crippen LogP) is 2.95. The number of piperidine rings is 1. The van der Waals surface area contributed by atoms with Gasteiger partial charge in [0, 0.05) is 36.8 Å². The first-order chi connectivity index (χ1) is 10.5. The number of anilines is 1. The standard InChI is InChI=1S/C17H21ClN2O2/c1-12-3-2-8-19(10-12)17(22)13-9-16(21)20(11-13)15-6-4-14(18)5-7-15/h4-7,12-13H,2-3,8-11H2,1H3/t12-,13+/m0/s1. The minimum atomic E-state index is -0.214. The Labute approximate surface area is 136 Å². The molecule has 2 atom stereocenters. The molecule has 2 saturated heterocycles. The van der Waals surface area contributed by atoms with Crippen molar-refractivity contribution in [3.8, 4) is 0 Å². The monoisotopic (exact) mass is 320 g/mol. The lowest BCUT2D eigenvalue weighted by Crippen LogP contribution is -2.43. The van der Waals surface area contributed by atoms with Gasteiger partial charge in [0.2, 0.25) is 11.8 Å². The molecule has 2 fully saturated rings. The molecule has 0 aliphatic carbocycles. The summed E-state index contributed by atoms with van der Waals surface area (Å²) < 4.78 is 0. The summed E-state index contributed by atoms with van der Waals surface area (Å²) in [5, 5.41) is 0.644. The highest BCUT2D eigenvalue weighted by molar-refractivity contribution is 6.30. The van der Waals surface area contributed by atoms with Crippen LogP contribution in [0.5, 0.6) is 0 Å². The minimum Gasteiger partial charge on any atom is -0.342 e. The van der Waals surface area contributed by atoms with E-state index < -0.39 is 0 Å². The van der Waals surface area contributed by atoms with Gasteiger partial charge in [0.05, 0.1) is 5.92 Å². The molecule has 1 aromatic carbocycles. The highest BCUT2D eigenvalue weighted by Crippen LogP contribution is 2.28. The number of likely N-dealkylation sites (tertiary alicyclic amines) is 1. The van der Waals surface area contributed by atoms with Crippen LogP contribution in [0.1, 0.15) is 26.2 Å². The summed E-state index contributed by atoms with van der Waals surface area (Å²) in [6, 6.07) is 7.20. The van der Waals surface area contributed by atoms with Crippen LogP contribution in [0.3, 0.4) is 0 Å². The van der Waals surface area contributed by atoms with Gasteiger partial charge in [-0.05, 0) is 43.0 Å². The third-order valence-electron chi connectivity index (χ3n) is 4.58. The third-order valence-corrected chi connectivity index (χ3v) is 4.83. The molecule has 2 aliphatic rings. The van der Waals surface area contributed by atoms with Crippen LogP contribution in [0, 0.1) is 11.8 Å². The van der Waals surface area contributed by atoms with Crippen LogP contribution in [0.25, 0.3) is 0 Å². The minimum absolute atomic E-state index is 0.0192. The number of benzene rings is 1. The molecule has 0 bridgehead atoms. The molecule has 2 heterocycles. The van der Waals surface area contributed by atoms with Crippen LogP contribution >= 0.6 is 11.6 Å². The summed E-state index contributed by atoms with van der Waals surface area (Å²) in [7, 11) is 0. The molecule has 1 aromatic rings. The maximum absolute atomic E-state index is 12.6. The van der Waals surface area contributed by atoms with Crippen LogP contribution in [-0.2, 0) is 9.59 Å². The van der Waals surface area contributed by atoms with Crippen LogP contribution in [-0.4, -0.2) is 36.3 Å². The largest absolute Gasteiger partial charge is 0.342 e. The molecule has 3 rings (SSSR count). The predicted molar refractivity (Wildman–Crippen MR) is 86.9 cm³/mol. The van der Waals surface area contributed by atoms with E-state index in [4.69, 9.17) is 11.6 Å². The summed E-state index contributed by atoms with van der Waals surface area (Å²) >= 11 is 5.88. The molecule has 118 valence electrons. The Bertz CT molecular complexity index is 573. The van der Waals surface area contributed by atoms with Gasteiger partial charge in [0.15, 0.2) is 0 Å². The van der Waals surface area contributed by atoms with Crippen LogP contribution in [0.2, 0.25) is 5.02 Å². The lowest BCUT2D eigenvalue weighted by atomic mass is 9.98. The Hall–Kier alpha value is -1.55. The van der Waals surface area contributed by atoms with Gasteiger partial charge in [-0.2, -0.15) is 0 Å². The van der Waals surface area contributed by atoms with Crippen molar-refractivity contribution in [2.24, 2.45) is 11.8 Å². The third kappa shape index (κ3) is 3.12. The van der Waals surface area contributed by atoms with Crippen molar-refractivity contribution >= 4 is 29.1 Å². The van der Waals surface area contributed by atoms with E-state index in [0.717, 1.165) is 25.2 Å². The fourth-order valence-corrected chi connectivity index (χ4v) is 3.52. The number of hydrogen-bond donors (Lipinski definition) is 0. The molecule has 2 aliphatic heterocycles. The van der Waals surface area contributed by atoms with E-state index in [9.17, 15) is 9.59 Å². The van der Waals surface area contributed by atoms with E-state index >= 15 is 0 Å². The van der Waals surface area contributed by atoms with E-state index in [-0.39, 0.29) is 17.7 Å². The van der Waals surface area contributed by atoms with Crippen LogP contribution in [0.15, 0.2) is 24.3 Å². The van der Waals surface area contributed by atoms with Gasteiger partial charge in [-0.3, -0.25) is 9.59 Å². The Kier molecular flexibility index (Phi) is 4.39. The second kappa shape index (κ2) is 6.29. The molecule has 0 radical (unpaired) electrons. The maximum atomic E-state index is 12.6. The van der Waals surface area contributed by atoms with E-state index in [2.05, 4.69) is 6.92 Å². The summed E-state index contributed by atoms with van der Waals surface area (Å²) in [5.74, 6) is 0.498. The van der Waals surface area contributed by atoms with Gasteiger partial charge in [0.1, 0.15) is 0 Å². The zero-order valence-corrected chi connectivity index (χ0v) is 13.6. The fourth-order valence-electron chi connectivity index (χ4n) is 3.39. The van der Waals surface area contributed by atoms with Gasteiger partial charge in [-0.25, -0.2) is 0 Å². The molecule has 0 saturated carbocycles. The number of carbonyl (C=O) groups is 2. The van der Waals surface area contributed by atoms with E-state index in [1.54, 1.807) is 17.0 Å². The van der Waals surface area contributed by atoms with Gasteiger partial charge in [-0.1, -0.05) is 18.5 Å². The molecule has 0 aromatic heterocycles. The second-order valence-electron chi connectivity index (χ2n) is 6.41. The van der Waals surface area contributed by atoms with Crippen molar-refractivity contribution in [1.29, 1.82) is 0 Å². The molecule has 2 amide bonds. The quantitative estimate of drug-likeness (QED) is 0.840. The van der Waals surface area contributed by atoms with Crippen molar-refractivity contribution < 1.29 is 9.59 Å². The van der Waals surface area contributed by atoms with Crippen molar-refractivity contribution in [3.63, 3.8) is 0 Å². The molecular formula is C17H21ClN2O2. The van der Waals surface area contributed by atoms with Crippen LogP contribution < -0.4 is 4.90 Å². The van der Waals surface area contributed by atoms with E-state index in [1.807, 2.05) is 17.0 Å². The molecule has 5 heteroatoms. The Balaban J connectivity index is 1.68. The first-order valence-corrected chi connectivity index (χ1v) is 8.27. The SMILES string of the molecule is C[C@H]1CCCN(C(=O)[C@@H]2CC(=O)N(c3ccc(Cl)cc3)C2)C1. The normalized spacial score (nSPS) is 25.6. The van der Waals surface area contributed by atoms with Gasteiger partial charge >= 0.3 is 0 Å². The Morgan fingerprint density at radius 3 is 2.64 bits per heavy atom. The number of nitrogens with zero attached hydrogens (tertiary/aromatic N) is 2. The molecule has 0 unspecified atom stereocenters. The summed E-state index contributed by atoms with van der Waals surface area (Å²) in [6.07, 6.45) is 2.56. The Morgan fingerprint density at radius 2 is 1.95 bits per heavy atom. The van der Waals surface area contributed by atoms with Gasteiger partial charge in [0.25, 0.3) is 0 Å². The average Bonchev–Trinajstić information content (AvgIpc) is 2.89. The van der Waals surface area contributed by atoms with Gasteiger partial charge < -0.3 is 9.80 Å². The summed E-state index contributed by atoms with van der Waals surface area (Å²) in [4.78, 5) is 28.5. The zero-order chi connectivity index (χ0) is 15.7. The lowest BCUT2D eigenvalue weighted by Gasteiger charge is -2.32. The highest BCUT2D eigenvalue weighted by Gasteiger charge is 2.37. The second-order valence-corrected chi connectivity index (χ2v) is 6.85. The van der Waals surface area contributed by atoms with E-state index in [1.165, 1.54) is 6.42 Å². The first kappa shape index (κ1) is 15.3. The van der Waals surface area contributed by atoms with Crippen molar-refractivity contribution in [3.05, 3.63) is 29.3 Å². The number of amides is 2. The van der Waals surface area contributed by atoms with E-state index in [0.29, 0.717) is 23.9 Å². The summed E-state index contributed by atoms with van der Waals surface area (Å²) in [5.41, 5.74) is 0.816. The van der Waals surface area contributed by atoms with Crippen molar-refractivity contribution in [2.45, 2.75) is 26.2 Å². The smallest absolute Gasteiger partial charge is 0.228 e. The van der Waals surface area contributed by atoms with Gasteiger partial charge in [-0.15, -0.1) is 0 Å². The topological polar surface area (TPSA) is 40.6 Å². The number of hydrogen-bond acceptors (Lipinski definition) is 2. The fraction of sp³-hybridized carbons (Fsp3) is 0.529. The summed E-state index contributed by atoms with van der Waals surface area (Å²) in [6.45, 7) is 4.31. The zero-order valence-electron chi connectivity index (χ0n) is 12.8. The highest BCUT2D eigenvalue weighted by atomic mass is 35.5. The molecule has 0 N–H and O–H groups in total. The van der Waals surface area contributed by atoms with Crippen molar-refractivity contribution in [2.75, 3.05) is 24.5 Å². The van der Waals surface area contributed by atoms with Crippen LogP contribution in [0.4, 0.5) is 5.69 Å². The first-order valence-electron chi connectivity index (χ1n) is 7.89. The Morgan fingerprint density at radius 1 is 1.23 bits per heavy atom. The molecule has 22 heavy (non-hydrogen) atoms. The van der Waals surface area contributed by atoms with Crippen molar-refractivity contribution in [1.82, 2.24) is 4.90 Å². The average molecular weight is 321 g/mol. The molecule has 4 nitrogen and oxygen atoms in total. The maximum Gasteiger partial charge on any atom is 0.228 e. The number of rotatable bonds is 2. The molecule has 0 spiro atoms. The lowest BCUT2D eigenvalue weighted by molar-refractivity contribution is -0.137. The molecular weight excluding hydrogens is 300 g/mol.